The smallest absolute Gasteiger partial charge is 0.317 e. The summed E-state index contributed by atoms with van der Waals surface area (Å²) in [5, 5.41) is 9.04. The van der Waals surface area contributed by atoms with E-state index in [2.05, 4.69) is 19.9 Å². The molecule has 1 saturated heterocycles. The minimum Gasteiger partial charge on any atom is -0.462 e. The summed E-state index contributed by atoms with van der Waals surface area (Å²) in [7, 11) is 0. The molecule has 4 N–H and O–H groups in total. The van der Waals surface area contributed by atoms with Crippen LogP contribution in [0, 0.1) is 11.2 Å². The van der Waals surface area contributed by atoms with Crippen molar-refractivity contribution in [1.82, 2.24) is 19.9 Å². The highest BCUT2D eigenvalue weighted by Gasteiger charge is 2.54. The number of nitrogens with one attached hydrogen (secondary N) is 1. The van der Waals surface area contributed by atoms with Crippen LogP contribution in [0.25, 0.3) is 22.6 Å². The molecule has 1 amide bonds. The van der Waals surface area contributed by atoms with Crippen molar-refractivity contribution >= 4 is 11.9 Å². The first-order valence-corrected chi connectivity index (χ1v) is 11.8. The van der Waals surface area contributed by atoms with Crippen molar-refractivity contribution in [3.05, 3.63) is 48.2 Å². The van der Waals surface area contributed by atoms with Gasteiger partial charge in [-0.3, -0.25) is 9.59 Å². The average molecular weight is 530 g/mol. The molecule has 1 fully saturated rings. The number of benzene rings is 1. The number of halogens is 1. The molecule has 38 heavy (non-hydrogen) atoms. The molecule has 4 rings (SSSR count). The normalized spacial score (nSPS) is 21.3. The first kappa shape index (κ1) is 27.1. The number of nitrogens with two attached hydrogens (primary N) is 1. The highest BCUT2D eigenvalue weighted by Crippen LogP contribution is 2.39. The fourth-order valence-corrected chi connectivity index (χ4v) is 3.69. The van der Waals surface area contributed by atoms with Gasteiger partial charge in [-0.15, -0.1) is 0 Å². The van der Waals surface area contributed by atoms with Crippen LogP contribution in [0.15, 0.2) is 36.5 Å². The molecular weight excluding hydrogens is 501 g/mol. The van der Waals surface area contributed by atoms with Crippen LogP contribution in [0.3, 0.4) is 0 Å². The Morgan fingerprint density at radius 3 is 2.47 bits per heavy atom. The Balaban J connectivity index is 1.77. The van der Waals surface area contributed by atoms with Crippen LogP contribution in [0.5, 0.6) is 6.01 Å². The van der Waals surface area contributed by atoms with Gasteiger partial charge in [0.2, 0.25) is 0 Å². The standard InChI is InChI=1S/C25H28FN5O7/c1-14(2)38-22(34)24(3)12-36-25(20(27)33,37-13-24)21-30-18(15-4-6-16(26)7-5-15)19(31-21)17-8-9-28-23(29-17)35-11-10-32/h4-9,14,32H,10-13H2,1-3H3,(H2,27,33)(H,30,31). The van der Waals surface area contributed by atoms with Gasteiger partial charge in [-0.2, -0.15) is 4.98 Å². The molecule has 1 aliphatic rings. The number of nitrogens with zero attached hydrogens (tertiary/aromatic N) is 3. The summed E-state index contributed by atoms with van der Waals surface area (Å²) >= 11 is 0. The van der Waals surface area contributed by atoms with Gasteiger partial charge in [0, 0.05) is 11.8 Å². The lowest BCUT2D eigenvalue weighted by Crippen LogP contribution is -2.56. The van der Waals surface area contributed by atoms with Gasteiger partial charge in [0.25, 0.3) is 5.91 Å². The Bertz CT molecular complexity index is 1300. The number of aromatic amines is 1. The fraction of sp³-hybridized carbons (Fsp3) is 0.400. The zero-order valence-electron chi connectivity index (χ0n) is 21.1. The number of aromatic nitrogens is 4. The molecule has 12 nitrogen and oxygen atoms in total. The SMILES string of the molecule is CC(C)OC(=O)C1(C)COC(C(N)=O)(c2nc(-c3ccc(F)cc3)c(-c3ccnc(OCCO)n3)[nH]2)OC1. The van der Waals surface area contributed by atoms with E-state index in [1.54, 1.807) is 26.8 Å². The lowest BCUT2D eigenvalue weighted by atomic mass is 9.91. The lowest BCUT2D eigenvalue weighted by molar-refractivity contribution is -0.294. The van der Waals surface area contributed by atoms with E-state index in [1.807, 2.05) is 0 Å². The van der Waals surface area contributed by atoms with E-state index in [0.717, 1.165) is 0 Å². The van der Waals surface area contributed by atoms with Crippen LogP contribution in [0.2, 0.25) is 0 Å². The number of imidazole rings is 1. The zero-order valence-corrected chi connectivity index (χ0v) is 21.1. The van der Waals surface area contributed by atoms with E-state index in [1.165, 1.54) is 30.5 Å². The molecule has 0 radical (unpaired) electrons. The van der Waals surface area contributed by atoms with Crippen molar-refractivity contribution in [1.29, 1.82) is 0 Å². The molecule has 0 aliphatic carbocycles. The van der Waals surface area contributed by atoms with E-state index in [-0.39, 0.29) is 50.1 Å². The van der Waals surface area contributed by atoms with Gasteiger partial charge in [0.05, 0.1) is 43.0 Å². The number of rotatable bonds is 9. The molecule has 1 aliphatic heterocycles. The third-order valence-electron chi connectivity index (χ3n) is 5.69. The maximum absolute atomic E-state index is 13.7. The summed E-state index contributed by atoms with van der Waals surface area (Å²) in [6.07, 6.45) is 1.08. The number of carbonyl (C=O) groups excluding carboxylic acids is 2. The maximum atomic E-state index is 13.7. The van der Waals surface area contributed by atoms with Crippen LogP contribution < -0.4 is 10.5 Å². The Hall–Kier alpha value is -3.94. The van der Waals surface area contributed by atoms with Crippen LogP contribution in [0.1, 0.15) is 26.6 Å². The van der Waals surface area contributed by atoms with Crippen molar-refractivity contribution in [3.63, 3.8) is 0 Å². The molecule has 2 aromatic heterocycles. The molecular formula is C25H28FN5O7. The predicted octanol–water partition coefficient (Wildman–Crippen LogP) is 1.69. The number of amides is 1. The second kappa shape index (κ2) is 10.8. The van der Waals surface area contributed by atoms with Gasteiger partial charge in [-0.05, 0) is 51.1 Å². The molecule has 13 heteroatoms. The molecule has 202 valence electrons. The Morgan fingerprint density at radius 1 is 1.18 bits per heavy atom. The Morgan fingerprint density at radius 2 is 1.87 bits per heavy atom. The summed E-state index contributed by atoms with van der Waals surface area (Å²) in [5.74, 6) is -4.26. The van der Waals surface area contributed by atoms with E-state index >= 15 is 0 Å². The van der Waals surface area contributed by atoms with E-state index in [0.29, 0.717) is 17.0 Å². The number of aliphatic hydroxyl groups is 1. The van der Waals surface area contributed by atoms with Crippen molar-refractivity contribution < 1.29 is 38.0 Å². The van der Waals surface area contributed by atoms with Crippen LogP contribution in [-0.2, 0) is 29.6 Å². The maximum Gasteiger partial charge on any atom is 0.317 e. The Labute approximate surface area is 217 Å². The molecule has 3 heterocycles. The number of esters is 1. The molecule has 0 saturated carbocycles. The number of H-pyrrole nitrogens is 1. The molecule has 0 unspecified atom stereocenters. The van der Waals surface area contributed by atoms with Crippen LogP contribution in [0.4, 0.5) is 4.39 Å². The number of carbonyl (C=O) groups is 2. The zero-order chi connectivity index (χ0) is 27.5. The Kier molecular flexibility index (Phi) is 7.71. The van der Waals surface area contributed by atoms with E-state index in [9.17, 15) is 14.0 Å². The van der Waals surface area contributed by atoms with Gasteiger partial charge >= 0.3 is 17.8 Å². The van der Waals surface area contributed by atoms with Gasteiger partial charge < -0.3 is 34.8 Å². The van der Waals surface area contributed by atoms with Crippen molar-refractivity contribution in [2.75, 3.05) is 26.4 Å². The lowest BCUT2D eigenvalue weighted by Gasteiger charge is -2.40. The monoisotopic (exact) mass is 529 g/mol. The minimum absolute atomic E-state index is 0.00744. The van der Waals surface area contributed by atoms with Crippen molar-refractivity contribution in [3.8, 4) is 28.7 Å². The van der Waals surface area contributed by atoms with Gasteiger partial charge in [-0.1, -0.05) is 0 Å². The summed E-state index contributed by atoms with van der Waals surface area (Å²) in [6, 6.07) is 7.07. The summed E-state index contributed by atoms with van der Waals surface area (Å²) in [6.45, 7) is 4.29. The molecule has 1 aromatic carbocycles. The fourth-order valence-electron chi connectivity index (χ4n) is 3.69. The summed E-state index contributed by atoms with van der Waals surface area (Å²) in [4.78, 5) is 41.2. The highest BCUT2D eigenvalue weighted by atomic mass is 19.1. The number of hydrogen-bond acceptors (Lipinski definition) is 10. The third-order valence-corrected chi connectivity index (χ3v) is 5.69. The molecule has 3 aromatic rings. The first-order valence-electron chi connectivity index (χ1n) is 11.8. The van der Waals surface area contributed by atoms with Crippen LogP contribution in [-0.4, -0.2) is 69.5 Å². The summed E-state index contributed by atoms with van der Waals surface area (Å²) < 4.78 is 35.9. The van der Waals surface area contributed by atoms with Gasteiger partial charge in [0.15, 0.2) is 5.82 Å². The van der Waals surface area contributed by atoms with Crippen molar-refractivity contribution in [2.24, 2.45) is 11.1 Å². The minimum atomic E-state index is -2.16. The van der Waals surface area contributed by atoms with Crippen LogP contribution >= 0.6 is 0 Å². The van der Waals surface area contributed by atoms with Gasteiger partial charge in [-0.25, -0.2) is 14.4 Å². The second-order valence-corrected chi connectivity index (χ2v) is 9.19. The second-order valence-electron chi connectivity index (χ2n) is 9.19. The predicted molar refractivity (Wildman–Crippen MR) is 130 cm³/mol. The number of ether oxygens (including phenoxy) is 4. The van der Waals surface area contributed by atoms with E-state index in [4.69, 9.17) is 29.8 Å². The van der Waals surface area contributed by atoms with Crippen molar-refractivity contribution in [2.45, 2.75) is 32.7 Å². The topological polar surface area (TPSA) is 172 Å². The quantitative estimate of drug-likeness (QED) is 0.346. The van der Waals surface area contributed by atoms with E-state index < -0.39 is 28.9 Å². The average Bonchev–Trinajstić information content (AvgIpc) is 3.34. The molecule has 0 bridgehead atoms. The first-order chi connectivity index (χ1) is 18.1. The molecule has 0 atom stereocenters. The highest BCUT2D eigenvalue weighted by molar-refractivity contribution is 5.85. The number of aliphatic hydroxyl groups excluding tert-OH is 1. The largest absolute Gasteiger partial charge is 0.462 e. The summed E-state index contributed by atoms with van der Waals surface area (Å²) in [5.41, 5.74) is 5.93. The number of primary amides is 1. The number of hydrogen-bond donors (Lipinski definition) is 3. The third kappa shape index (κ3) is 5.35. The van der Waals surface area contributed by atoms with Gasteiger partial charge in [0.1, 0.15) is 17.8 Å². The molecule has 0 spiro atoms.